The van der Waals surface area contributed by atoms with Crippen LogP contribution in [0.25, 0.3) is 0 Å². The van der Waals surface area contributed by atoms with Crippen LogP contribution in [-0.4, -0.2) is 43.1 Å². The number of aromatic nitrogens is 2. The van der Waals surface area contributed by atoms with Crippen molar-refractivity contribution >= 4 is 17.5 Å². The van der Waals surface area contributed by atoms with Crippen LogP contribution in [-0.2, 0) is 11.2 Å². The maximum absolute atomic E-state index is 11.7. The molecule has 0 aromatic carbocycles. The summed E-state index contributed by atoms with van der Waals surface area (Å²) >= 11 is 0. The lowest BCUT2D eigenvalue weighted by Gasteiger charge is -2.21. The van der Waals surface area contributed by atoms with Crippen molar-refractivity contribution in [3.63, 3.8) is 0 Å². The van der Waals surface area contributed by atoms with Gasteiger partial charge in [-0.1, -0.05) is 6.92 Å². The Hall–Kier alpha value is -1.85. The fourth-order valence-corrected chi connectivity index (χ4v) is 2.04. The average molecular weight is 279 g/mol. The Morgan fingerprint density at radius 3 is 2.55 bits per heavy atom. The highest BCUT2D eigenvalue weighted by Gasteiger charge is 2.15. The van der Waals surface area contributed by atoms with E-state index in [1.54, 1.807) is 0 Å². The second-order valence-electron chi connectivity index (χ2n) is 4.75. The Kier molecular flexibility index (Phi) is 6.21. The van der Waals surface area contributed by atoms with Crippen LogP contribution in [0, 0.1) is 6.92 Å². The van der Waals surface area contributed by atoms with E-state index in [2.05, 4.69) is 27.5 Å². The first-order valence-corrected chi connectivity index (χ1v) is 7.06. The standard InChI is InChI=1S/C14H25N5O/c1-6-8-11-17-13(15-4)10(3)14(18-11)19(5)9-12(20)16-7-2/h6-9H2,1-5H3,(H,16,20)(H,15,17,18). The minimum Gasteiger partial charge on any atom is -0.373 e. The maximum Gasteiger partial charge on any atom is 0.239 e. The number of rotatable bonds is 7. The van der Waals surface area contributed by atoms with Gasteiger partial charge in [0.1, 0.15) is 17.5 Å². The molecule has 2 N–H and O–H groups in total. The van der Waals surface area contributed by atoms with Crippen LogP contribution in [0.15, 0.2) is 0 Å². The second-order valence-corrected chi connectivity index (χ2v) is 4.75. The van der Waals surface area contributed by atoms with Crippen molar-refractivity contribution < 1.29 is 4.79 Å². The number of hydrogen-bond acceptors (Lipinski definition) is 5. The third-order valence-corrected chi connectivity index (χ3v) is 2.99. The molecule has 20 heavy (non-hydrogen) atoms. The molecule has 112 valence electrons. The minimum atomic E-state index is -0.00365. The van der Waals surface area contributed by atoms with Gasteiger partial charge in [0.05, 0.1) is 6.54 Å². The van der Waals surface area contributed by atoms with Crippen molar-refractivity contribution in [2.45, 2.75) is 33.6 Å². The molecule has 0 radical (unpaired) electrons. The molecule has 0 aliphatic carbocycles. The quantitative estimate of drug-likeness (QED) is 0.788. The molecule has 0 aliphatic rings. The summed E-state index contributed by atoms with van der Waals surface area (Å²) in [6.07, 6.45) is 1.82. The van der Waals surface area contributed by atoms with Gasteiger partial charge in [-0.05, 0) is 20.3 Å². The number of hydrogen-bond donors (Lipinski definition) is 2. The summed E-state index contributed by atoms with van der Waals surface area (Å²) in [5.41, 5.74) is 0.958. The van der Waals surface area contributed by atoms with Gasteiger partial charge >= 0.3 is 0 Å². The van der Waals surface area contributed by atoms with Crippen LogP contribution in [0.2, 0.25) is 0 Å². The van der Waals surface area contributed by atoms with E-state index in [-0.39, 0.29) is 5.91 Å². The van der Waals surface area contributed by atoms with Gasteiger partial charge in [-0.2, -0.15) is 0 Å². The molecule has 0 saturated heterocycles. The zero-order valence-corrected chi connectivity index (χ0v) is 13.1. The summed E-state index contributed by atoms with van der Waals surface area (Å²) in [6.45, 7) is 6.90. The van der Waals surface area contributed by atoms with E-state index >= 15 is 0 Å². The van der Waals surface area contributed by atoms with E-state index in [4.69, 9.17) is 0 Å². The largest absolute Gasteiger partial charge is 0.373 e. The molecule has 0 saturated carbocycles. The van der Waals surface area contributed by atoms with Gasteiger partial charge in [-0.3, -0.25) is 4.79 Å². The molecular weight excluding hydrogens is 254 g/mol. The lowest BCUT2D eigenvalue weighted by molar-refractivity contribution is -0.119. The molecule has 1 aromatic rings. The Morgan fingerprint density at radius 2 is 2.00 bits per heavy atom. The summed E-state index contributed by atoms with van der Waals surface area (Å²) < 4.78 is 0. The Balaban J connectivity index is 3.02. The molecule has 0 fully saturated rings. The predicted molar refractivity (Wildman–Crippen MR) is 82.3 cm³/mol. The molecular formula is C14H25N5O. The second kappa shape index (κ2) is 7.67. The lowest BCUT2D eigenvalue weighted by Crippen LogP contribution is -2.35. The van der Waals surface area contributed by atoms with Gasteiger partial charge in [0, 0.05) is 32.6 Å². The molecule has 0 unspecified atom stereocenters. The molecule has 0 aliphatic heterocycles. The Bertz CT molecular complexity index is 461. The van der Waals surface area contributed by atoms with Crippen molar-refractivity contribution in [1.82, 2.24) is 15.3 Å². The number of carbonyl (C=O) groups is 1. The van der Waals surface area contributed by atoms with Gasteiger partial charge in [0.25, 0.3) is 0 Å². The third kappa shape index (κ3) is 4.08. The van der Waals surface area contributed by atoms with Crippen molar-refractivity contribution in [2.24, 2.45) is 0 Å². The zero-order valence-electron chi connectivity index (χ0n) is 13.1. The highest BCUT2D eigenvalue weighted by atomic mass is 16.2. The number of aryl methyl sites for hydroxylation is 1. The molecule has 0 spiro atoms. The van der Waals surface area contributed by atoms with Gasteiger partial charge in [-0.15, -0.1) is 0 Å². The van der Waals surface area contributed by atoms with Crippen molar-refractivity contribution in [2.75, 3.05) is 37.4 Å². The number of nitrogens with one attached hydrogen (secondary N) is 2. The van der Waals surface area contributed by atoms with Gasteiger partial charge in [0.2, 0.25) is 5.91 Å². The summed E-state index contributed by atoms with van der Waals surface area (Å²) in [5.74, 6) is 2.43. The molecule has 1 rings (SSSR count). The predicted octanol–water partition coefficient (Wildman–Crippen LogP) is 1.35. The van der Waals surface area contributed by atoms with Crippen LogP contribution >= 0.6 is 0 Å². The van der Waals surface area contributed by atoms with Crippen LogP contribution in [0.4, 0.5) is 11.6 Å². The summed E-state index contributed by atoms with van der Waals surface area (Å²) in [6, 6.07) is 0. The smallest absolute Gasteiger partial charge is 0.239 e. The Labute approximate surface area is 121 Å². The summed E-state index contributed by atoms with van der Waals surface area (Å²) in [5, 5.41) is 5.88. The third-order valence-electron chi connectivity index (χ3n) is 2.99. The number of likely N-dealkylation sites (N-methyl/N-ethyl adjacent to an activating group) is 2. The van der Waals surface area contributed by atoms with Crippen LogP contribution in [0.1, 0.15) is 31.7 Å². The normalized spacial score (nSPS) is 10.2. The highest BCUT2D eigenvalue weighted by Crippen LogP contribution is 2.22. The molecule has 6 heteroatoms. The van der Waals surface area contributed by atoms with E-state index in [1.165, 1.54) is 0 Å². The number of anilines is 2. The van der Waals surface area contributed by atoms with E-state index in [9.17, 15) is 4.79 Å². The first kappa shape index (κ1) is 16.2. The summed E-state index contributed by atoms with van der Waals surface area (Å²) in [4.78, 5) is 22.6. The first-order valence-electron chi connectivity index (χ1n) is 7.06. The molecule has 1 heterocycles. The SMILES string of the molecule is CCCc1nc(NC)c(C)c(N(C)CC(=O)NCC)n1. The lowest BCUT2D eigenvalue weighted by atomic mass is 10.2. The van der Waals surface area contributed by atoms with Gasteiger partial charge < -0.3 is 15.5 Å². The average Bonchev–Trinajstić information content (AvgIpc) is 2.40. The fourth-order valence-electron chi connectivity index (χ4n) is 2.04. The van der Waals surface area contributed by atoms with Crippen molar-refractivity contribution in [3.8, 4) is 0 Å². The topological polar surface area (TPSA) is 70.2 Å². The van der Waals surface area contributed by atoms with Crippen LogP contribution < -0.4 is 15.5 Å². The summed E-state index contributed by atoms with van der Waals surface area (Å²) in [7, 11) is 3.72. The van der Waals surface area contributed by atoms with Crippen molar-refractivity contribution in [3.05, 3.63) is 11.4 Å². The first-order chi connectivity index (χ1) is 9.53. The minimum absolute atomic E-state index is 0.00365. The van der Waals surface area contributed by atoms with Crippen LogP contribution in [0.5, 0.6) is 0 Å². The van der Waals surface area contributed by atoms with Crippen LogP contribution in [0.3, 0.4) is 0 Å². The Morgan fingerprint density at radius 1 is 1.30 bits per heavy atom. The molecule has 0 bridgehead atoms. The zero-order chi connectivity index (χ0) is 15.1. The maximum atomic E-state index is 11.7. The molecule has 1 aromatic heterocycles. The van der Waals surface area contributed by atoms with E-state index in [0.717, 1.165) is 35.9 Å². The number of carbonyl (C=O) groups excluding carboxylic acids is 1. The van der Waals surface area contributed by atoms with Gasteiger partial charge in [-0.25, -0.2) is 9.97 Å². The highest BCUT2D eigenvalue weighted by molar-refractivity contribution is 5.81. The van der Waals surface area contributed by atoms with E-state index in [1.807, 2.05) is 32.8 Å². The monoisotopic (exact) mass is 279 g/mol. The van der Waals surface area contributed by atoms with Gasteiger partial charge in [0.15, 0.2) is 0 Å². The number of amides is 1. The van der Waals surface area contributed by atoms with Crippen molar-refractivity contribution in [1.29, 1.82) is 0 Å². The molecule has 1 amide bonds. The fraction of sp³-hybridized carbons (Fsp3) is 0.643. The molecule has 0 atom stereocenters. The van der Waals surface area contributed by atoms with E-state index in [0.29, 0.717) is 13.1 Å². The number of nitrogens with zero attached hydrogens (tertiary/aromatic N) is 3. The molecule has 6 nitrogen and oxygen atoms in total. The van der Waals surface area contributed by atoms with E-state index < -0.39 is 0 Å².